The van der Waals surface area contributed by atoms with Crippen LogP contribution in [-0.2, 0) is 21.1 Å². The molecule has 2 rings (SSSR count). The van der Waals surface area contributed by atoms with Crippen molar-refractivity contribution in [3.8, 4) is 0 Å². The molecular formula is C14H14F2N2O3S2. The third-order valence-corrected chi connectivity index (χ3v) is 4.72. The maximum Gasteiger partial charge on any atom is 0.227 e. The number of benzene rings is 1. The van der Waals surface area contributed by atoms with Crippen LogP contribution >= 0.6 is 11.3 Å². The lowest BCUT2D eigenvalue weighted by molar-refractivity contribution is -0.115. The van der Waals surface area contributed by atoms with E-state index in [0.717, 1.165) is 23.3 Å². The van der Waals surface area contributed by atoms with Gasteiger partial charge in [-0.1, -0.05) is 6.07 Å². The summed E-state index contributed by atoms with van der Waals surface area (Å²) < 4.78 is 48.0. The number of carbonyl (C=O) groups excluding carboxylic acids is 1. The number of hydrogen-bond acceptors (Lipinski definition) is 5. The zero-order chi connectivity index (χ0) is 17.0. The van der Waals surface area contributed by atoms with Crippen LogP contribution in [0.15, 0.2) is 24.4 Å². The Morgan fingerprint density at radius 3 is 2.70 bits per heavy atom. The zero-order valence-corrected chi connectivity index (χ0v) is 13.8. The SMILES string of the molecule is CS(=O)(=O)CCC(=O)Nc1ncc(Cc2ccc(F)c(F)c2)s1. The van der Waals surface area contributed by atoms with Gasteiger partial charge >= 0.3 is 0 Å². The summed E-state index contributed by atoms with van der Waals surface area (Å²) in [5, 5.41) is 2.85. The van der Waals surface area contributed by atoms with Crippen LogP contribution in [0.25, 0.3) is 0 Å². The van der Waals surface area contributed by atoms with Gasteiger partial charge in [-0.2, -0.15) is 0 Å². The molecule has 1 amide bonds. The van der Waals surface area contributed by atoms with Crippen LogP contribution in [0.5, 0.6) is 0 Å². The van der Waals surface area contributed by atoms with E-state index in [1.54, 1.807) is 0 Å². The normalized spacial score (nSPS) is 11.4. The van der Waals surface area contributed by atoms with E-state index in [1.807, 2.05) is 0 Å². The molecule has 0 spiro atoms. The molecule has 0 aliphatic heterocycles. The van der Waals surface area contributed by atoms with E-state index in [1.165, 1.54) is 23.6 Å². The second kappa shape index (κ2) is 7.14. The van der Waals surface area contributed by atoms with E-state index in [0.29, 0.717) is 17.1 Å². The van der Waals surface area contributed by atoms with Gasteiger partial charge in [0.2, 0.25) is 5.91 Å². The van der Waals surface area contributed by atoms with Crippen molar-refractivity contribution in [2.75, 3.05) is 17.3 Å². The summed E-state index contributed by atoms with van der Waals surface area (Å²) in [6, 6.07) is 3.64. The van der Waals surface area contributed by atoms with Gasteiger partial charge in [0.1, 0.15) is 9.84 Å². The van der Waals surface area contributed by atoms with Crippen molar-refractivity contribution in [2.45, 2.75) is 12.8 Å². The first-order chi connectivity index (χ1) is 10.7. The summed E-state index contributed by atoms with van der Waals surface area (Å²) in [5.41, 5.74) is 0.586. The number of nitrogens with one attached hydrogen (secondary N) is 1. The lowest BCUT2D eigenvalue weighted by atomic mass is 10.1. The number of sulfone groups is 1. The lowest BCUT2D eigenvalue weighted by Gasteiger charge is -2.01. The number of carbonyl (C=O) groups is 1. The van der Waals surface area contributed by atoms with Crippen molar-refractivity contribution in [3.05, 3.63) is 46.5 Å². The maximum atomic E-state index is 13.1. The molecule has 0 radical (unpaired) electrons. The Kier molecular flexibility index (Phi) is 5.42. The molecule has 2 aromatic rings. The Bertz CT molecular complexity index is 819. The molecule has 23 heavy (non-hydrogen) atoms. The molecule has 1 N–H and O–H groups in total. The van der Waals surface area contributed by atoms with E-state index in [4.69, 9.17) is 0 Å². The lowest BCUT2D eigenvalue weighted by Crippen LogP contribution is -2.16. The molecule has 0 unspecified atom stereocenters. The van der Waals surface area contributed by atoms with Gasteiger partial charge in [0, 0.05) is 30.2 Å². The minimum absolute atomic E-state index is 0.142. The van der Waals surface area contributed by atoms with Crippen LogP contribution in [0.1, 0.15) is 16.9 Å². The highest BCUT2D eigenvalue weighted by Gasteiger charge is 2.11. The fourth-order valence-electron chi connectivity index (χ4n) is 1.76. The van der Waals surface area contributed by atoms with Crippen LogP contribution in [0.4, 0.5) is 13.9 Å². The third-order valence-electron chi connectivity index (χ3n) is 2.86. The second-order valence-corrected chi connectivity index (χ2v) is 8.36. The molecule has 5 nitrogen and oxygen atoms in total. The number of hydrogen-bond donors (Lipinski definition) is 1. The molecular weight excluding hydrogens is 346 g/mol. The zero-order valence-electron chi connectivity index (χ0n) is 12.2. The first-order valence-corrected chi connectivity index (χ1v) is 9.47. The van der Waals surface area contributed by atoms with Gasteiger partial charge in [-0.15, -0.1) is 11.3 Å². The fourth-order valence-corrected chi connectivity index (χ4v) is 3.18. The highest BCUT2D eigenvalue weighted by Crippen LogP contribution is 2.22. The standard InChI is InChI=1S/C14H14F2N2O3S2/c1-23(20,21)5-4-13(19)18-14-17-8-10(22-14)6-9-2-3-11(15)12(16)7-9/h2-3,7-8H,4-6H2,1H3,(H,17,18,19). The van der Waals surface area contributed by atoms with Crippen molar-refractivity contribution < 1.29 is 22.0 Å². The van der Waals surface area contributed by atoms with Crippen LogP contribution < -0.4 is 5.32 Å². The molecule has 124 valence electrons. The molecule has 0 saturated heterocycles. The van der Waals surface area contributed by atoms with Crippen molar-refractivity contribution in [1.82, 2.24) is 4.98 Å². The summed E-state index contributed by atoms with van der Waals surface area (Å²) >= 11 is 1.19. The van der Waals surface area contributed by atoms with Gasteiger partial charge in [-0.3, -0.25) is 4.79 Å². The van der Waals surface area contributed by atoms with E-state index < -0.39 is 27.4 Å². The van der Waals surface area contributed by atoms with Gasteiger partial charge in [0.25, 0.3) is 0 Å². The Labute approximate surface area is 136 Å². The number of halogens is 2. The highest BCUT2D eigenvalue weighted by atomic mass is 32.2. The van der Waals surface area contributed by atoms with Crippen LogP contribution in [0.3, 0.4) is 0 Å². The van der Waals surface area contributed by atoms with Crippen LogP contribution in [-0.4, -0.2) is 31.3 Å². The number of rotatable bonds is 6. The van der Waals surface area contributed by atoms with Gasteiger partial charge < -0.3 is 5.32 Å². The quantitative estimate of drug-likeness (QED) is 0.858. The van der Waals surface area contributed by atoms with Gasteiger partial charge in [0.15, 0.2) is 16.8 Å². The number of amides is 1. The molecule has 0 fully saturated rings. The molecule has 0 atom stereocenters. The number of anilines is 1. The smallest absolute Gasteiger partial charge is 0.227 e. The summed E-state index contributed by atoms with van der Waals surface area (Å²) in [6.07, 6.45) is 2.80. The number of aromatic nitrogens is 1. The third kappa shape index (κ3) is 5.68. The van der Waals surface area contributed by atoms with Gasteiger partial charge in [-0.05, 0) is 17.7 Å². The second-order valence-electron chi connectivity index (χ2n) is 4.99. The molecule has 1 heterocycles. The molecule has 0 saturated carbocycles. The molecule has 0 aliphatic carbocycles. The monoisotopic (exact) mass is 360 g/mol. The van der Waals surface area contributed by atoms with E-state index in [2.05, 4.69) is 10.3 Å². The summed E-state index contributed by atoms with van der Waals surface area (Å²) in [5.74, 6) is -2.49. The van der Waals surface area contributed by atoms with Crippen molar-refractivity contribution in [2.24, 2.45) is 0 Å². The molecule has 0 bridgehead atoms. The minimum Gasteiger partial charge on any atom is -0.302 e. The van der Waals surface area contributed by atoms with Crippen LogP contribution in [0.2, 0.25) is 0 Å². The summed E-state index contributed by atoms with van der Waals surface area (Å²) in [7, 11) is -3.20. The summed E-state index contributed by atoms with van der Waals surface area (Å²) in [4.78, 5) is 16.4. The predicted octanol–water partition coefficient (Wildman–Crippen LogP) is 2.39. The van der Waals surface area contributed by atoms with Gasteiger partial charge in [-0.25, -0.2) is 22.2 Å². The fraction of sp³-hybridized carbons (Fsp3) is 0.286. The minimum atomic E-state index is -3.20. The Balaban J connectivity index is 1.95. The van der Waals surface area contributed by atoms with E-state index in [-0.39, 0.29) is 12.2 Å². The topological polar surface area (TPSA) is 76.1 Å². The Hall–Kier alpha value is -1.87. The van der Waals surface area contributed by atoms with Crippen molar-refractivity contribution in [3.63, 3.8) is 0 Å². The Morgan fingerprint density at radius 1 is 1.30 bits per heavy atom. The van der Waals surface area contributed by atoms with E-state index >= 15 is 0 Å². The van der Waals surface area contributed by atoms with E-state index in [9.17, 15) is 22.0 Å². The number of thiazole rings is 1. The first kappa shape index (κ1) is 17.5. The van der Waals surface area contributed by atoms with Gasteiger partial charge in [0.05, 0.1) is 5.75 Å². The number of nitrogens with zero attached hydrogens (tertiary/aromatic N) is 1. The predicted molar refractivity (Wildman–Crippen MR) is 84.2 cm³/mol. The molecule has 9 heteroatoms. The largest absolute Gasteiger partial charge is 0.302 e. The molecule has 1 aromatic carbocycles. The van der Waals surface area contributed by atoms with Crippen molar-refractivity contribution >= 4 is 32.2 Å². The Morgan fingerprint density at radius 2 is 2.04 bits per heavy atom. The first-order valence-electron chi connectivity index (χ1n) is 6.59. The van der Waals surface area contributed by atoms with Crippen LogP contribution in [0, 0.1) is 11.6 Å². The highest BCUT2D eigenvalue weighted by molar-refractivity contribution is 7.90. The molecule has 0 aliphatic rings. The average molecular weight is 360 g/mol. The molecule has 1 aromatic heterocycles. The maximum absolute atomic E-state index is 13.1. The average Bonchev–Trinajstić information content (AvgIpc) is 2.87. The van der Waals surface area contributed by atoms with Crippen molar-refractivity contribution in [1.29, 1.82) is 0 Å². The summed E-state index contributed by atoms with van der Waals surface area (Å²) in [6.45, 7) is 0.